The Morgan fingerprint density at radius 1 is 1.08 bits per heavy atom. The van der Waals surface area contributed by atoms with E-state index in [1.807, 2.05) is 18.2 Å². The number of aliphatic hydroxyl groups is 1. The maximum atomic E-state index is 11.4. The standard InChI is InChI=1S/C22H27NO/c1-4-15-22(24)16-20(18-11-7-5-8-12-18)23(3)21(17(22)2)19-13-9-6-10-14-19/h4-14,17,20-21,24H,1,15-16H2,2-3H3. The highest BCUT2D eigenvalue weighted by atomic mass is 16.3. The maximum Gasteiger partial charge on any atom is 0.0743 e. The number of nitrogens with zero attached hydrogens (tertiary/aromatic N) is 1. The highest BCUT2D eigenvalue weighted by Gasteiger charge is 2.48. The quantitative estimate of drug-likeness (QED) is 0.822. The monoisotopic (exact) mass is 321 g/mol. The lowest BCUT2D eigenvalue weighted by atomic mass is 9.69. The van der Waals surface area contributed by atoms with Crippen LogP contribution in [0.2, 0.25) is 0 Å². The van der Waals surface area contributed by atoms with Gasteiger partial charge in [-0.25, -0.2) is 0 Å². The van der Waals surface area contributed by atoms with E-state index in [0.717, 1.165) is 6.42 Å². The molecule has 0 aliphatic carbocycles. The van der Waals surface area contributed by atoms with Gasteiger partial charge in [0.25, 0.3) is 0 Å². The van der Waals surface area contributed by atoms with Gasteiger partial charge in [0.1, 0.15) is 0 Å². The van der Waals surface area contributed by atoms with Crippen molar-refractivity contribution in [2.45, 2.75) is 37.5 Å². The number of rotatable bonds is 4. The Kier molecular flexibility index (Phi) is 4.88. The van der Waals surface area contributed by atoms with Crippen LogP contribution in [0.1, 0.15) is 43.0 Å². The SMILES string of the molecule is C=CCC1(O)CC(c2ccccc2)N(C)C(c2ccccc2)C1C. The van der Waals surface area contributed by atoms with Gasteiger partial charge in [0, 0.05) is 18.0 Å². The molecule has 24 heavy (non-hydrogen) atoms. The summed E-state index contributed by atoms with van der Waals surface area (Å²) >= 11 is 0. The lowest BCUT2D eigenvalue weighted by molar-refractivity contribution is -0.112. The predicted molar refractivity (Wildman–Crippen MR) is 99.7 cm³/mol. The molecular formula is C22H27NO. The van der Waals surface area contributed by atoms with Gasteiger partial charge in [-0.2, -0.15) is 0 Å². The van der Waals surface area contributed by atoms with Gasteiger partial charge < -0.3 is 5.11 Å². The first-order valence-electron chi connectivity index (χ1n) is 8.72. The summed E-state index contributed by atoms with van der Waals surface area (Å²) in [6.45, 7) is 6.04. The highest BCUT2D eigenvalue weighted by molar-refractivity contribution is 5.27. The Labute approximate surface area is 145 Å². The molecule has 3 rings (SSSR count). The van der Waals surface area contributed by atoms with Gasteiger partial charge in [-0.1, -0.05) is 73.7 Å². The number of hydrogen-bond acceptors (Lipinski definition) is 2. The average molecular weight is 321 g/mol. The van der Waals surface area contributed by atoms with Crippen LogP contribution in [0.4, 0.5) is 0 Å². The maximum absolute atomic E-state index is 11.4. The van der Waals surface area contributed by atoms with Gasteiger partial charge in [0.15, 0.2) is 0 Å². The van der Waals surface area contributed by atoms with E-state index in [1.54, 1.807) is 0 Å². The van der Waals surface area contributed by atoms with Crippen molar-refractivity contribution in [3.63, 3.8) is 0 Å². The third-order valence-corrected chi connectivity index (χ3v) is 5.62. The van der Waals surface area contributed by atoms with E-state index in [-0.39, 0.29) is 18.0 Å². The minimum atomic E-state index is -0.741. The molecule has 1 N–H and O–H groups in total. The van der Waals surface area contributed by atoms with Gasteiger partial charge >= 0.3 is 0 Å². The van der Waals surface area contributed by atoms with Gasteiger partial charge in [0.2, 0.25) is 0 Å². The molecule has 2 aromatic carbocycles. The van der Waals surface area contributed by atoms with E-state index in [4.69, 9.17) is 0 Å². The predicted octanol–water partition coefficient (Wildman–Crippen LogP) is 4.75. The van der Waals surface area contributed by atoms with Crippen LogP contribution in [-0.2, 0) is 0 Å². The van der Waals surface area contributed by atoms with Gasteiger partial charge in [-0.3, -0.25) is 4.90 Å². The Balaban J connectivity index is 2.04. The summed E-state index contributed by atoms with van der Waals surface area (Å²) in [6, 6.07) is 21.4. The zero-order valence-corrected chi connectivity index (χ0v) is 14.6. The molecular weight excluding hydrogens is 294 g/mol. The van der Waals surface area contributed by atoms with Gasteiger partial charge in [-0.05, 0) is 31.0 Å². The van der Waals surface area contributed by atoms with Crippen LogP contribution in [-0.4, -0.2) is 22.7 Å². The largest absolute Gasteiger partial charge is 0.389 e. The molecule has 1 fully saturated rings. The first-order chi connectivity index (χ1) is 11.6. The molecule has 1 aliphatic heterocycles. The second kappa shape index (κ2) is 6.92. The molecule has 0 saturated carbocycles. The normalized spacial score (nSPS) is 30.9. The third-order valence-electron chi connectivity index (χ3n) is 5.62. The van der Waals surface area contributed by atoms with Crippen LogP contribution >= 0.6 is 0 Å². The number of likely N-dealkylation sites (tertiary alicyclic amines) is 1. The molecule has 0 radical (unpaired) electrons. The van der Waals surface area contributed by atoms with Crippen LogP contribution in [0, 0.1) is 5.92 Å². The number of benzene rings is 2. The highest BCUT2D eigenvalue weighted by Crippen LogP contribution is 2.49. The van der Waals surface area contributed by atoms with Crippen molar-refractivity contribution in [3.05, 3.63) is 84.4 Å². The van der Waals surface area contributed by atoms with Crippen molar-refractivity contribution in [1.29, 1.82) is 0 Å². The van der Waals surface area contributed by atoms with Crippen molar-refractivity contribution in [3.8, 4) is 0 Å². The lowest BCUT2D eigenvalue weighted by Gasteiger charge is -2.52. The molecule has 1 heterocycles. The summed E-state index contributed by atoms with van der Waals surface area (Å²) in [7, 11) is 2.18. The Bertz CT molecular complexity index is 669. The average Bonchev–Trinajstić information content (AvgIpc) is 2.61. The molecule has 0 spiro atoms. The molecule has 4 unspecified atom stereocenters. The van der Waals surface area contributed by atoms with E-state index in [9.17, 15) is 5.11 Å². The fourth-order valence-corrected chi connectivity index (χ4v) is 4.23. The molecule has 0 amide bonds. The summed E-state index contributed by atoms with van der Waals surface area (Å²) < 4.78 is 0. The van der Waals surface area contributed by atoms with E-state index in [2.05, 4.69) is 74.0 Å². The molecule has 126 valence electrons. The van der Waals surface area contributed by atoms with Crippen molar-refractivity contribution < 1.29 is 5.11 Å². The Morgan fingerprint density at radius 2 is 1.62 bits per heavy atom. The summed E-state index contributed by atoms with van der Waals surface area (Å²) in [5, 5.41) is 11.4. The van der Waals surface area contributed by atoms with Gasteiger partial charge in [0.05, 0.1) is 5.60 Å². The van der Waals surface area contributed by atoms with E-state index < -0.39 is 5.60 Å². The molecule has 0 bridgehead atoms. The van der Waals surface area contributed by atoms with E-state index in [1.165, 1.54) is 11.1 Å². The van der Waals surface area contributed by atoms with Crippen LogP contribution < -0.4 is 0 Å². The first kappa shape index (κ1) is 16.9. The van der Waals surface area contributed by atoms with Crippen LogP contribution in [0.3, 0.4) is 0 Å². The van der Waals surface area contributed by atoms with Crippen molar-refractivity contribution in [1.82, 2.24) is 4.90 Å². The Morgan fingerprint density at radius 3 is 2.17 bits per heavy atom. The van der Waals surface area contributed by atoms with Crippen LogP contribution in [0.5, 0.6) is 0 Å². The molecule has 4 atom stereocenters. The zero-order valence-electron chi connectivity index (χ0n) is 14.6. The molecule has 2 nitrogen and oxygen atoms in total. The molecule has 1 aliphatic rings. The van der Waals surface area contributed by atoms with E-state index >= 15 is 0 Å². The van der Waals surface area contributed by atoms with Gasteiger partial charge in [-0.15, -0.1) is 6.58 Å². The summed E-state index contributed by atoms with van der Waals surface area (Å²) in [5.41, 5.74) is 1.78. The first-order valence-corrected chi connectivity index (χ1v) is 8.72. The fraction of sp³-hybridized carbons (Fsp3) is 0.364. The summed E-state index contributed by atoms with van der Waals surface area (Å²) in [6.07, 6.45) is 3.20. The minimum Gasteiger partial charge on any atom is -0.389 e. The molecule has 2 aromatic rings. The smallest absolute Gasteiger partial charge is 0.0743 e. The molecule has 1 saturated heterocycles. The lowest BCUT2D eigenvalue weighted by Crippen LogP contribution is -2.52. The summed E-state index contributed by atoms with van der Waals surface area (Å²) in [5.74, 6) is 0.128. The topological polar surface area (TPSA) is 23.5 Å². The fourth-order valence-electron chi connectivity index (χ4n) is 4.23. The second-order valence-electron chi connectivity index (χ2n) is 7.04. The van der Waals surface area contributed by atoms with Crippen molar-refractivity contribution in [2.24, 2.45) is 5.92 Å². The number of piperidine rings is 1. The van der Waals surface area contributed by atoms with Crippen LogP contribution in [0.15, 0.2) is 73.3 Å². The number of hydrogen-bond donors (Lipinski definition) is 1. The second-order valence-corrected chi connectivity index (χ2v) is 7.04. The third kappa shape index (κ3) is 3.04. The zero-order chi connectivity index (χ0) is 17.2. The molecule has 2 heteroatoms. The molecule has 0 aromatic heterocycles. The summed E-state index contributed by atoms with van der Waals surface area (Å²) in [4.78, 5) is 2.42. The van der Waals surface area contributed by atoms with Crippen molar-refractivity contribution in [2.75, 3.05) is 7.05 Å². The Hall–Kier alpha value is -1.90. The van der Waals surface area contributed by atoms with Crippen molar-refractivity contribution >= 4 is 0 Å². The van der Waals surface area contributed by atoms with E-state index in [0.29, 0.717) is 6.42 Å². The van der Waals surface area contributed by atoms with Crippen LogP contribution in [0.25, 0.3) is 0 Å². The minimum absolute atomic E-state index is 0.128.